The second kappa shape index (κ2) is 6.33. The minimum Gasteiger partial charge on any atom is -0.397 e. The van der Waals surface area contributed by atoms with Crippen LogP contribution >= 0.6 is 0 Å². The van der Waals surface area contributed by atoms with Gasteiger partial charge in [-0.05, 0) is 53.3 Å². The molecule has 3 aromatic carbocycles. The Kier molecular flexibility index (Phi) is 3.83. The summed E-state index contributed by atoms with van der Waals surface area (Å²) in [5.41, 5.74) is 11.0. The molecule has 1 unspecified atom stereocenters. The molecule has 2 aliphatic rings. The summed E-state index contributed by atoms with van der Waals surface area (Å²) in [6.07, 6.45) is 3.48. The van der Waals surface area contributed by atoms with E-state index in [1.165, 1.54) is 21.9 Å². The van der Waals surface area contributed by atoms with Crippen molar-refractivity contribution in [3.8, 4) is 0 Å². The Bertz CT molecular complexity index is 936. The topological polar surface area (TPSA) is 41.3 Å². The van der Waals surface area contributed by atoms with Crippen LogP contribution in [0, 0.1) is 0 Å². The molecule has 26 heavy (non-hydrogen) atoms. The molecule has 1 atom stereocenters. The zero-order chi connectivity index (χ0) is 17.5. The van der Waals surface area contributed by atoms with Crippen molar-refractivity contribution in [1.82, 2.24) is 4.90 Å². The van der Waals surface area contributed by atoms with E-state index in [4.69, 9.17) is 5.73 Å². The number of hydrogen-bond acceptors (Lipinski definition) is 3. The molecule has 1 heterocycles. The van der Waals surface area contributed by atoms with Gasteiger partial charge in [0.05, 0.1) is 11.4 Å². The summed E-state index contributed by atoms with van der Waals surface area (Å²) in [7, 11) is 0. The van der Waals surface area contributed by atoms with Crippen molar-refractivity contribution in [2.24, 2.45) is 0 Å². The van der Waals surface area contributed by atoms with Gasteiger partial charge in [-0.1, -0.05) is 48.5 Å². The Morgan fingerprint density at radius 1 is 0.885 bits per heavy atom. The first-order chi connectivity index (χ1) is 12.8. The van der Waals surface area contributed by atoms with E-state index in [9.17, 15) is 0 Å². The number of piperidine rings is 1. The highest BCUT2D eigenvalue weighted by molar-refractivity contribution is 5.91. The Balaban J connectivity index is 1.30. The third-order valence-electron chi connectivity index (χ3n) is 6.09. The molecule has 1 aliphatic carbocycles. The van der Waals surface area contributed by atoms with Crippen LogP contribution in [0.4, 0.5) is 11.4 Å². The summed E-state index contributed by atoms with van der Waals surface area (Å²) in [6, 6.07) is 22.7. The van der Waals surface area contributed by atoms with Crippen LogP contribution in [0.1, 0.15) is 30.0 Å². The molecule has 5 rings (SSSR count). The Morgan fingerprint density at radius 2 is 1.65 bits per heavy atom. The van der Waals surface area contributed by atoms with Crippen LogP contribution in [-0.4, -0.2) is 24.0 Å². The smallest absolute Gasteiger partial charge is 0.0576 e. The molecule has 1 aliphatic heterocycles. The van der Waals surface area contributed by atoms with Gasteiger partial charge in [0.1, 0.15) is 0 Å². The maximum atomic E-state index is 6.08. The quantitative estimate of drug-likeness (QED) is 0.683. The number of rotatable bonds is 3. The Morgan fingerprint density at radius 3 is 2.46 bits per heavy atom. The van der Waals surface area contributed by atoms with Gasteiger partial charge in [0.15, 0.2) is 0 Å². The zero-order valence-corrected chi connectivity index (χ0v) is 15.0. The zero-order valence-electron chi connectivity index (χ0n) is 15.0. The molecular formula is C23H25N3. The van der Waals surface area contributed by atoms with Gasteiger partial charge in [-0.2, -0.15) is 0 Å². The molecule has 3 heteroatoms. The van der Waals surface area contributed by atoms with E-state index in [0.29, 0.717) is 12.1 Å². The fourth-order valence-corrected chi connectivity index (χ4v) is 4.75. The summed E-state index contributed by atoms with van der Waals surface area (Å²) in [4.78, 5) is 2.68. The van der Waals surface area contributed by atoms with E-state index in [-0.39, 0.29) is 0 Å². The normalized spacial score (nSPS) is 20.5. The number of hydrogen-bond donors (Lipinski definition) is 2. The lowest BCUT2D eigenvalue weighted by atomic mass is 9.99. The van der Waals surface area contributed by atoms with Crippen molar-refractivity contribution in [3.63, 3.8) is 0 Å². The summed E-state index contributed by atoms with van der Waals surface area (Å²) >= 11 is 0. The number of benzene rings is 3. The molecule has 1 saturated heterocycles. The lowest BCUT2D eigenvalue weighted by Gasteiger charge is -2.37. The molecule has 0 radical (unpaired) electrons. The van der Waals surface area contributed by atoms with Crippen LogP contribution in [-0.2, 0) is 6.42 Å². The molecular weight excluding hydrogens is 318 g/mol. The second-order valence-electron chi connectivity index (χ2n) is 7.62. The SMILES string of the molecule is Nc1ccccc1NC1CCN(C2Cc3cccc4cccc2c34)CC1. The highest BCUT2D eigenvalue weighted by Crippen LogP contribution is 2.41. The largest absolute Gasteiger partial charge is 0.397 e. The molecule has 3 aromatic rings. The van der Waals surface area contributed by atoms with Crippen molar-refractivity contribution in [3.05, 3.63) is 71.8 Å². The molecule has 3 N–H and O–H groups in total. The molecule has 3 nitrogen and oxygen atoms in total. The molecule has 0 saturated carbocycles. The predicted molar refractivity (Wildman–Crippen MR) is 109 cm³/mol. The average molecular weight is 343 g/mol. The monoisotopic (exact) mass is 343 g/mol. The van der Waals surface area contributed by atoms with Gasteiger partial charge in [0, 0.05) is 25.2 Å². The van der Waals surface area contributed by atoms with Crippen LogP contribution in [0.3, 0.4) is 0 Å². The van der Waals surface area contributed by atoms with Crippen molar-refractivity contribution in [1.29, 1.82) is 0 Å². The third kappa shape index (κ3) is 2.63. The Hall–Kier alpha value is -2.52. The summed E-state index contributed by atoms with van der Waals surface area (Å²) in [5.74, 6) is 0. The molecule has 1 fully saturated rings. The van der Waals surface area contributed by atoms with E-state index in [0.717, 1.165) is 43.7 Å². The van der Waals surface area contributed by atoms with E-state index in [1.54, 1.807) is 0 Å². The van der Waals surface area contributed by atoms with Crippen LogP contribution in [0.2, 0.25) is 0 Å². The highest BCUT2D eigenvalue weighted by atomic mass is 15.2. The summed E-state index contributed by atoms with van der Waals surface area (Å²) in [6.45, 7) is 2.28. The van der Waals surface area contributed by atoms with Gasteiger partial charge in [0.25, 0.3) is 0 Å². The number of anilines is 2. The first-order valence-electron chi connectivity index (χ1n) is 9.65. The molecule has 0 aromatic heterocycles. The number of para-hydroxylation sites is 2. The molecule has 0 spiro atoms. The van der Waals surface area contributed by atoms with E-state index < -0.39 is 0 Å². The number of nitrogens with zero attached hydrogens (tertiary/aromatic N) is 1. The number of nitrogen functional groups attached to an aromatic ring is 1. The minimum absolute atomic E-state index is 0.510. The first kappa shape index (κ1) is 15.7. The number of nitrogens with one attached hydrogen (secondary N) is 1. The van der Waals surface area contributed by atoms with Crippen LogP contribution in [0.25, 0.3) is 10.8 Å². The molecule has 132 valence electrons. The summed E-state index contributed by atoms with van der Waals surface area (Å²) in [5, 5.41) is 6.53. The highest BCUT2D eigenvalue weighted by Gasteiger charge is 2.31. The lowest BCUT2D eigenvalue weighted by Crippen LogP contribution is -2.41. The van der Waals surface area contributed by atoms with Gasteiger partial charge in [-0.3, -0.25) is 4.90 Å². The minimum atomic E-state index is 0.510. The molecule has 0 amide bonds. The first-order valence-corrected chi connectivity index (χ1v) is 9.65. The van der Waals surface area contributed by atoms with Gasteiger partial charge in [0.2, 0.25) is 0 Å². The molecule has 0 bridgehead atoms. The van der Waals surface area contributed by atoms with Gasteiger partial charge in [-0.25, -0.2) is 0 Å². The lowest BCUT2D eigenvalue weighted by molar-refractivity contribution is 0.160. The van der Waals surface area contributed by atoms with Gasteiger partial charge < -0.3 is 11.1 Å². The van der Waals surface area contributed by atoms with Gasteiger partial charge in [-0.15, -0.1) is 0 Å². The van der Waals surface area contributed by atoms with Crippen LogP contribution < -0.4 is 11.1 Å². The Labute approximate surface area is 154 Å². The maximum Gasteiger partial charge on any atom is 0.0576 e. The average Bonchev–Trinajstić information content (AvgIpc) is 3.05. The fourth-order valence-electron chi connectivity index (χ4n) is 4.75. The summed E-state index contributed by atoms with van der Waals surface area (Å²) < 4.78 is 0. The third-order valence-corrected chi connectivity index (χ3v) is 6.09. The van der Waals surface area contributed by atoms with Crippen LogP contribution in [0.5, 0.6) is 0 Å². The predicted octanol–water partition coefficient (Wildman–Crippen LogP) is 4.60. The van der Waals surface area contributed by atoms with Crippen molar-refractivity contribution in [2.45, 2.75) is 31.3 Å². The second-order valence-corrected chi connectivity index (χ2v) is 7.62. The maximum absolute atomic E-state index is 6.08. The van der Waals surface area contributed by atoms with Gasteiger partial charge >= 0.3 is 0 Å². The van der Waals surface area contributed by atoms with E-state index >= 15 is 0 Å². The van der Waals surface area contributed by atoms with Crippen molar-refractivity contribution in [2.75, 3.05) is 24.1 Å². The van der Waals surface area contributed by atoms with Crippen molar-refractivity contribution < 1.29 is 0 Å². The number of likely N-dealkylation sites (tertiary alicyclic amines) is 1. The van der Waals surface area contributed by atoms with E-state index in [1.807, 2.05) is 18.2 Å². The van der Waals surface area contributed by atoms with E-state index in [2.05, 4.69) is 52.7 Å². The van der Waals surface area contributed by atoms with Crippen molar-refractivity contribution >= 4 is 22.1 Å². The standard InChI is InChI=1S/C23H25N3/c24-20-9-1-2-10-21(20)25-18-11-13-26(14-12-18)22-15-17-7-3-5-16-6-4-8-19(22)23(16)17/h1-10,18,22,25H,11-15,24H2. The number of nitrogens with two attached hydrogens (primary N) is 1. The fraction of sp³-hybridized carbons (Fsp3) is 0.304. The van der Waals surface area contributed by atoms with Crippen LogP contribution in [0.15, 0.2) is 60.7 Å².